The summed E-state index contributed by atoms with van der Waals surface area (Å²) in [5, 5.41) is 23.5. The van der Waals surface area contributed by atoms with Crippen LogP contribution in [0.15, 0.2) is 37.1 Å². The number of amides is 2. The van der Waals surface area contributed by atoms with Crippen molar-refractivity contribution in [3.05, 3.63) is 48.3 Å². The van der Waals surface area contributed by atoms with E-state index in [0.717, 1.165) is 29.8 Å². The molecule has 4 aromatic heterocycles. The lowest BCUT2D eigenvalue weighted by molar-refractivity contribution is -0.116. The van der Waals surface area contributed by atoms with Crippen LogP contribution in [0.25, 0.3) is 15.3 Å². The molecule has 1 fully saturated rings. The second-order valence-corrected chi connectivity index (χ2v) is 11.2. The van der Waals surface area contributed by atoms with E-state index in [1.807, 2.05) is 12.4 Å². The Morgan fingerprint density at radius 2 is 1.97 bits per heavy atom. The zero-order valence-electron chi connectivity index (χ0n) is 21.8. The summed E-state index contributed by atoms with van der Waals surface area (Å²) < 4.78 is 3.34. The lowest BCUT2D eigenvalue weighted by atomic mass is 10.0. The maximum Gasteiger partial charge on any atom is 0.260 e. The number of aliphatic hydroxyl groups is 1. The Labute approximate surface area is 224 Å². The van der Waals surface area contributed by atoms with Gasteiger partial charge in [-0.1, -0.05) is 0 Å². The number of aryl methyl sites for hydroxylation is 1. The van der Waals surface area contributed by atoms with Gasteiger partial charge in [-0.05, 0) is 46.2 Å². The van der Waals surface area contributed by atoms with E-state index in [4.69, 9.17) is 5.11 Å². The number of aromatic nitrogens is 5. The van der Waals surface area contributed by atoms with Crippen LogP contribution in [0.2, 0.25) is 0 Å². The van der Waals surface area contributed by atoms with Crippen LogP contribution in [-0.2, 0) is 11.3 Å². The quantitative estimate of drug-likeness (QED) is 0.299. The van der Waals surface area contributed by atoms with E-state index >= 15 is 0 Å². The minimum atomic E-state index is -0.311. The van der Waals surface area contributed by atoms with Crippen molar-refractivity contribution in [3.8, 4) is 10.4 Å². The summed E-state index contributed by atoms with van der Waals surface area (Å²) in [5.41, 5.74) is 3.16. The van der Waals surface area contributed by atoms with Crippen molar-refractivity contribution in [3.63, 3.8) is 0 Å². The van der Waals surface area contributed by atoms with Crippen LogP contribution in [0.3, 0.4) is 0 Å². The number of nitrogens with one attached hydrogen (secondary N) is 2. The Hall–Kier alpha value is -3.61. The largest absolute Gasteiger partial charge is 0.394 e. The van der Waals surface area contributed by atoms with Crippen molar-refractivity contribution >= 4 is 39.4 Å². The van der Waals surface area contributed by atoms with Gasteiger partial charge in [0.05, 0.1) is 59.3 Å². The fraction of sp³-hybridized carbons (Fsp3) is 0.423. The molecular weight excluding hydrogens is 504 g/mol. The average molecular weight is 537 g/mol. The highest BCUT2D eigenvalue weighted by Crippen LogP contribution is 2.31. The van der Waals surface area contributed by atoms with Gasteiger partial charge < -0.3 is 15.7 Å². The SMILES string of the molecule is Cc1ncc(NC(=O)CCN2CCCC2(C)C)cc1NC(=O)c1cnn2cc(-c3cnn(CCO)c3)sc12. The van der Waals surface area contributed by atoms with Gasteiger partial charge in [0.15, 0.2) is 0 Å². The zero-order chi connectivity index (χ0) is 26.9. The van der Waals surface area contributed by atoms with E-state index in [1.165, 1.54) is 17.5 Å². The summed E-state index contributed by atoms with van der Waals surface area (Å²) in [6.45, 7) is 8.39. The van der Waals surface area contributed by atoms with E-state index in [1.54, 1.807) is 34.6 Å². The van der Waals surface area contributed by atoms with Crippen molar-refractivity contribution < 1.29 is 14.7 Å². The molecule has 38 heavy (non-hydrogen) atoms. The molecule has 5 rings (SSSR count). The van der Waals surface area contributed by atoms with Gasteiger partial charge in [0, 0.05) is 36.5 Å². The Morgan fingerprint density at radius 1 is 1.13 bits per heavy atom. The monoisotopic (exact) mass is 536 g/mol. The van der Waals surface area contributed by atoms with Gasteiger partial charge in [0.1, 0.15) is 4.83 Å². The Kier molecular flexibility index (Phi) is 7.28. The number of thiazole rings is 1. The molecule has 0 saturated carbocycles. The maximum absolute atomic E-state index is 13.2. The van der Waals surface area contributed by atoms with Crippen molar-refractivity contribution in [1.82, 2.24) is 29.3 Å². The zero-order valence-corrected chi connectivity index (χ0v) is 22.6. The number of pyridine rings is 1. The summed E-state index contributed by atoms with van der Waals surface area (Å²) in [5.74, 6) is -0.392. The van der Waals surface area contributed by atoms with Gasteiger partial charge in [-0.2, -0.15) is 10.2 Å². The highest BCUT2D eigenvalue weighted by atomic mass is 32.1. The molecule has 0 radical (unpaired) electrons. The van der Waals surface area contributed by atoms with Crippen LogP contribution in [0, 0.1) is 6.92 Å². The van der Waals surface area contributed by atoms with Crippen LogP contribution in [0.1, 0.15) is 49.2 Å². The molecule has 2 amide bonds. The molecule has 12 heteroatoms. The Morgan fingerprint density at radius 3 is 2.74 bits per heavy atom. The van der Waals surface area contributed by atoms with E-state index in [-0.39, 0.29) is 24.0 Å². The van der Waals surface area contributed by atoms with Crippen molar-refractivity contribution in [1.29, 1.82) is 0 Å². The van der Waals surface area contributed by atoms with Crippen LogP contribution in [0.4, 0.5) is 11.4 Å². The predicted molar refractivity (Wildman–Crippen MR) is 146 cm³/mol. The molecule has 0 unspecified atom stereocenters. The van der Waals surface area contributed by atoms with Crippen LogP contribution in [0.5, 0.6) is 0 Å². The third kappa shape index (κ3) is 5.47. The molecule has 0 spiro atoms. The molecule has 1 aliphatic heterocycles. The van der Waals surface area contributed by atoms with E-state index < -0.39 is 0 Å². The lowest BCUT2D eigenvalue weighted by Crippen LogP contribution is -2.39. The van der Waals surface area contributed by atoms with Crippen LogP contribution < -0.4 is 10.6 Å². The Balaban J connectivity index is 1.26. The molecule has 5 heterocycles. The van der Waals surface area contributed by atoms with Crippen molar-refractivity contribution in [2.45, 2.75) is 52.1 Å². The molecule has 200 valence electrons. The molecule has 11 nitrogen and oxygen atoms in total. The number of hydrogen-bond donors (Lipinski definition) is 3. The summed E-state index contributed by atoms with van der Waals surface area (Å²) >= 11 is 1.43. The molecule has 0 atom stereocenters. The first-order valence-corrected chi connectivity index (χ1v) is 13.5. The highest BCUT2D eigenvalue weighted by molar-refractivity contribution is 7.21. The minimum absolute atomic E-state index is 0.00923. The lowest BCUT2D eigenvalue weighted by Gasteiger charge is -2.31. The topological polar surface area (TPSA) is 130 Å². The first-order chi connectivity index (χ1) is 18.2. The molecule has 1 aliphatic rings. The Bertz CT molecular complexity index is 1470. The highest BCUT2D eigenvalue weighted by Gasteiger charge is 2.31. The van der Waals surface area contributed by atoms with E-state index in [2.05, 4.69) is 44.6 Å². The first kappa shape index (κ1) is 26.0. The number of carbonyl (C=O) groups is 2. The fourth-order valence-corrected chi connectivity index (χ4v) is 5.78. The third-order valence-corrected chi connectivity index (χ3v) is 8.15. The van der Waals surface area contributed by atoms with Crippen molar-refractivity contribution in [2.24, 2.45) is 0 Å². The number of nitrogens with zero attached hydrogens (tertiary/aromatic N) is 6. The molecule has 0 bridgehead atoms. The summed E-state index contributed by atoms with van der Waals surface area (Å²) in [4.78, 5) is 34.1. The van der Waals surface area contributed by atoms with Gasteiger partial charge in [0.2, 0.25) is 5.91 Å². The predicted octanol–water partition coefficient (Wildman–Crippen LogP) is 3.41. The van der Waals surface area contributed by atoms with E-state index in [0.29, 0.717) is 47.0 Å². The van der Waals surface area contributed by atoms with Gasteiger partial charge in [-0.3, -0.25) is 24.2 Å². The fourth-order valence-electron chi connectivity index (χ4n) is 4.75. The number of likely N-dealkylation sites (tertiary alicyclic amines) is 1. The number of rotatable bonds is 9. The van der Waals surface area contributed by atoms with E-state index in [9.17, 15) is 9.59 Å². The van der Waals surface area contributed by atoms with Crippen LogP contribution >= 0.6 is 11.3 Å². The molecule has 0 aromatic carbocycles. The summed E-state index contributed by atoms with van der Waals surface area (Å²) in [6, 6.07) is 1.73. The molecule has 0 aliphatic carbocycles. The number of fused-ring (bicyclic) bond motifs is 1. The number of carbonyl (C=O) groups excluding carboxylic acids is 2. The normalized spacial score (nSPS) is 15.3. The number of aliphatic hydroxyl groups excluding tert-OH is 1. The minimum Gasteiger partial charge on any atom is -0.394 e. The number of hydrogen-bond acceptors (Lipinski definition) is 8. The summed E-state index contributed by atoms with van der Waals surface area (Å²) in [7, 11) is 0. The molecule has 1 saturated heterocycles. The van der Waals surface area contributed by atoms with Crippen molar-refractivity contribution in [2.75, 3.05) is 30.3 Å². The smallest absolute Gasteiger partial charge is 0.260 e. The second-order valence-electron chi connectivity index (χ2n) is 10.1. The molecular formula is C26H32N8O3S. The van der Waals surface area contributed by atoms with Gasteiger partial charge in [-0.15, -0.1) is 11.3 Å². The van der Waals surface area contributed by atoms with Crippen LogP contribution in [-0.4, -0.2) is 71.4 Å². The van der Waals surface area contributed by atoms with Gasteiger partial charge >= 0.3 is 0 Å². The standard InChI is InChI=1S/C26H32N8O3S/c1-17-21(11-19(13-27-17)30-23(36)5-8-32-7-4-6-26(32,2)3)31-24(37)20-14-29-34-16-22(38-25(20)34)18-12-28-33(15-18)9-10-35/h11-16,35H,4-10H2,1-3H3,(H,30,36)(H,31,37). The summed E-state index contributed by atoms with van der Waals surface area (Å²) in [6.07, 6.45) is 11.3. The first-order valence-electron chi connectivity index (χ1n) is 12.7. The van der Waals surface area contributed by atoms with Gasteiger partial charge in [-0.25, -0.2) is 4.52 Å². The second kappa shape index (κ2) is 10.6. The molecule has 4 aromatic rings. The molecule has 3 N–H and O–H groups in total. The van der Waals surface area contributed by atoms with Gasteiger partial charge in [0.25, 0.3) is 5.91 Å². The average Bonchev–Trinajstić information content (AvgIpc) is 3.64. The maximum atomic E-state index is 13.2. The third-order valence-electron chi connectivity index (χ3n) is 6.99. The number of anilines is 2.